The molecule has 5 nitrogen and oxygen atoms in total. The number of rotatable bonds is 5. The highest BCUT2D eigenvalue weighted by Gasteiger charge is 2.14. The van der Waals surface area contributed by atoms with Gasteiger partial charge in [0.25, 0.3) is 0 Å². The van der Waals surface area contributed by atoms with Gasteiger partial charge in [-0.05, 0) is 31.0 Å². The van der Waals surface area contributed by atoms with Crippen molar-refractivity contribution in [3.05, 3.63) is 65.5 Å². The lowest BCUT2D eigenvalue weighted by Crippen LogP contribution is -2.05. The summed E-state index contributed by atoms with van der Waals surface area (Å²) in [6.07, 6.45) is 0.966. The van der Waals surface area contributed by atoms with Crippen LogP contribution >= 0.6 is 11.8 Å². The number of fused-ring (bicyclic) bond motifs is 3. The molecule has 0 radical (unpaired) electrons. The maximum absolute atomic E-state index is 12.5. The molecule has 0 fully saturated rings. The van der Waals surface area contributed by atoms with Gasteiger partial charge in [-0.3, -0.25) is 4.79 Å². The third-order valence-electron chi connectivity index (χ3n) is 4.27. The van der Waals surface area contributed by atoms with Crippen LogP contribution in [0.15, 0.2) is 53.7 Å². The standard InChI is InChI=1S/C20H18N4OS/c1-3-14-8-10-15(11-9-14)18(25)12-26-20-22-17-7-5-4-6-16(17)19-21-13(2)23-24(19)20/h4-11H,3,12H2,1-2H3. The average molecular weight is 362 g/mol. The van der Waals surface area contributed by atoms with E-state index in [9.17, 15) is 4.79 Å². The number of Topliss-reactive ketones (excluding diaryl/α,β-unsaturated/α-hetero) is 1. The van der Waals surface area contributed by atoms with Crippen LogP contribution in [0.2, 0.25) is 0 Å². The van der Waals surface area contributed by atoms with Crippen LogP contribution in [0, 0.1) is 6.92 Å². The van der Waals surface area contributed by atoms with Gasteiger partial charge in [-0.25, -0.2) is 9.97 Å². The Morgan fingerprint density at radius 3 is 2.62 bits per heavy atom. The molecule has 0 saturated carbocycles. The number of aryl methyl sites for hydroxylation is 2. The zero-order valence-corrected chi connectivity index (χ0v) is 15.5. The SMILES string of the molecule is CCc1ccc(C(=O)CSc2nc3ccccc3c3nc(C)nn23)cc1. The summed E-state index contributed by atoms with van der Waals surface area (Å²) in [5.74, 6) is 1.08. The summed E-state index contributed by atoms with van der Waals surface area (Å²) in [5, 5.41) is 6.08. The lowest BCUT2D eigenvalue weighted by atomic mass is 10.1. The summed E-state index contributed by atoms with van der Waals surface area (Å²) < 4.78 is 1.73. The molecular formula is C20H18N4OS. The summed E-state index contributed by atoms with van der Waals surface area (Å²) in [5.41, 5.74) is 3.58. The molecule has 0 bridgehead atoms. The molecule has 4 aromatic rings. The number of hydrogen-bond donors (Lipinski definition) is 0. The molecule has 0 saturated heterocycles. The second-order valence-electron chi connectivity index (χ2n) is 6.07. The minimum Gasteiger partial charge on any atom is -0.293 e. The van der Waals surface area contributed by atoms with E-state index in [-0.39, 0.29) is 5.78 Å². The van der Waals surface area contributed by atoms with Crippen molar-refractivity contribution in [3.8, 4) is 0 Å². The average Bonchev–Trinajstić information content (AvgIpc) is 3.08. The van der Waals surface area contributed by atoms with Crippen LogP contribution in [0.4, 0.5) is 0 Å². The predicted molar refractivity (Wildman–Crippen MR) is 104 cm³/mol. The van der Waals surface area contributed by atoms with E-state index in [2.05, 4.69) is 22.0 Å². The Kier molecular flexibility index (Phi) is 4.42. The fraction of sp³-hybridized carbons (Fsp3) is 0.200. The first kappa shape index (κ1) is 16.7. The number of aromatic nitrogens is 4. The van der Waals surface area contributed by atoms with Crippen molar-refractivity contribution < 1.29 is 4.79 Å². The molecule has 0 spiro atoms. The Balaban J connectivity index is 1.64. The zero-order chi connectivity index (χ0) is 18.1. The molecular weight excluding hydrogens is 344 g/mol. The zero-order valence-electron chi connectivity index (χ0n) is 14.6. The molecule has 0 amide bonds. The lowest BCUT2D eigenvalue weighted by Gasteiger charge is -2.06. The maximum atomic E-state index is 12.5. The van der Waals surface area contributed by atoms with Crippen LogP contribution in [0.3, 0.4) is 0 Å². The smallest absolute Gasteiger partial charge is 0.192 e. The van der Waals surface area contributed by atoms with Crippen molar-refractivity contribution in [2.75, 3.05) is 5.75 Å². The summed E-state index contributed by atoms with van der Waals surface area (Å²) in [6, 6.07) is 15.6. The van der Waals surface area contributed by atoms with Crippen LogP contribution in [-0.2, 0) is 6.42 Å². The van der Waals surface area contributed by atoms with Crippen LogP contribution in [0.5, 0.6) is 0 Å². The van der Waals surface area contributed by atoms with Crippen LogP contribution < -0.4 is 0 Å². The Bertz CT molecular complexity index is 1100. The highest BCUT2D eigenvalue weighted by molar-refractivity contribution is 7.99. The molecule has 0 unspecified atom stereocenters. The van der Waals surface area contributed by atoms with Crippen molar-refractivity contribution in [1.29, 1.82) is 0 Å². The largest absolute Gasteiger partial charge is 0.293 e. The third-order valence-corrected chi connectivity index (χ3v) is 5.20. The van der Waals surface area contributed by atoms with E-state index in [1.807, 2.05) is 55.5 Å². The number of nitrogens with zero attached hydrogens (tertiary/aromatic N) is 4. The van der Waals surface area contributed by atoms with Crippen LogP contribution in [0.25, 0.3) is 16.6 Å². The van der Waals surface area contributed by atoms with Gasteiger partial charge in [-0.15, -0.1) is 5.10 Å². The van der Waals surface area contributed by atoms with Gasteiger partial charge in [0.05, 0.1) is 11.3 Å². The van der Waals surface area contributed by atoms with E-state index >= 15 is 0 Å². The summed E-state index contributed by atoms with van der Waals surface area (Å²) >= 11 is 1.39. The van der Waals surface area contributed by atoms with Gasteiger partial charge in [0.1, 0.15) is 5.82 Å². The molecule has 2 aromatic carbocycles. The monoisotopic (exact) mass is 362 g/mol. The molecule has 0 aliphatic heterocycles. The fourth-order valence-electron chi connectivity index (χ4n) is 2.87. The number of ketones is 1. The normalized spacial score (nSPS) is 11.3. The third kappa shape index (κ3) is 3.08. The van der Waals surface area contributed by atoms with Gasteiger partial charge in [-0.2, -0.15) is 4.52 Å². The number of para-hydroxylation sites is 1. The van der Waals surface area contributed by atoms with Crippen molar-refractivity contribution in [2.24, 2.45) is 0 Å². The minimum absolute atomic E-state index is 0.0811. The Labute approximate surface area is 155 Å². The second kappa shape index (κ2) is 6.88. The van der Waals surface area contributed by atoms with Crippen molar-refractivity contribution in [1.82, 2.24) is 19.6 Å². The van der Waals surface area contributed by atoms with E-state index < -0.39 is 0 Å². The van der Waals surface area contributed by atoms with E-state index in [1.165, 1.54) is 17.3 Å². The molecule has 26 heavy (non-hydrogen) atoms. The first-order valence-corrected chi connectivity index (χ1v) is 9.51. The Hall–Kier alpha value is -2.73. The highest BCUT2D eigenvalue weighted by atomic mass is 32.2. The number of hydrogen-bond acceptors (Lipinski definition) is 5. The summed E-state index contributed by atoms with van der Waals surface area (Å²) in [7, 11) is 0. The van der Waals surface area contributed by atoms with Crippen LogP contribution in [-0.4, -0.2) is 31.1 Å². The number of carbonyl (C=O) groups is 1. The molecule has 0 atom stereocenters. The van der Waals surface area contributed by atoms with Crippen molar-refractivity contribution in [2.45, 2.75) is 25.4 Å². The molecule has 2 heterocycles. The van der Waals surface area contributed by atoms with E-state index in [0.29, 0.717) is 16.7 Å². The van der Waals surface area contributed by atoms with Gasteiger partial charge in [0.15, 0.2) is 16.6 Å². The summed E-state index contributed by atoms with van der Waals surface area (Å²) in [4.78, 5) is 21.7. The van der Waals surface area contributed by atoms with E-state index in [0.717, 1.165) is 28.5 Å². The molecule has 4 rings (SSSR count). The van der Waals surface area contributed by atoms with Gasteiger partial charge >= 0.3 is 0 Å². The molecule has 6 heteroatoms. The number of benzene rings is 2. The Morgan fingerprint density at radius 2 is 1.85 bits per heavy atom. The van der Waals surface area contributed by atoms with Gasteiger partial charge in [0, 0.05) is 10.9 Å². The molecule has 2 aromatic heterocycles. The van der Waals surface area contributed by atoms with Gasteiger partial charge < -0.3 is 0 Å². The maximum Gasteiger partial charge on any atom is 0.192 e. The van der Waals surface area contributed by atoms with Gasteiger partial charge in [0.2, 0.25) is 0 Å². The molecule has 0 aliphatic rings. The quantitative estimate of drug-likeness (QED) is 0.304. The first-order valence-electron chi connectivity index (χ1n) is 8.53. The second-order valence-corrected chi connectivity index (χ2v) is 7.01. The predicted octanol–water partition coefficient (Wildman–Crippen LogP) is 4.12. The topological polar surface area (TPSA) is 60.2 Å². The Morgan fingerprint density at radius 1 is 1.08 bits per heavy atom. The van der Waals surface area contributed by atoms with Crippen molar-refractivity contribution >= 4 is 34.1 Å². The minimum atomic E-state index is 0.0811. The number of carbonyl (C=O) groups excluding carboxylic acids is 1. The van der Waals surface area contributed by atoms with Crippen molar-refractivity contribution in [3.63, 3.8) is 0 Å². The molecule has 0 aliphatic carbocycles. The first-order chi connectivity index (χ1) is 12.7. The number of thioether (sulfide) groups is 1. The van der Waals surface area contributed by atoms with Gasteiger partial charge in [-0.1, -0.05) is 55.1 Å². The highest BCUT2D eigenvalue weighted by Crippen LogP contribution is 2.24. The molecule has 130 valence electrons. The fourth-order valence-corrected chi connectivity index (χ4v) is 3.71. The van der Waals surface area contributed by atoms with Crippen LogP contribution in [0.1, 0.15) is 28.7 Å². The van der Waals surface area contributed by atoms with E-state index in [4.69, 9.17) is 0 Å². The summed E-state index contributed by atoms with van der Waals surface area (Å²) in [6.45, 7) is 3.96. The van der Waals surface area contributed by atoms with E-state index in [1.54, 1.807) is 4.52 Å². The lowest BCUT2D eigenvalue weighted by molar-refractivity contribution is 0.102. The molecule has 0 N–H and O–H groups in total.